The second kappa shape index (κ2) is 5.49. The number of hydrogen-bond donors (Lipinski definition) is 0. The number of nitrogens with zero attached hydrogens (tertiary/aromatic N) is 1. The Hall–Kier alpha value is -1.47. The summed E-state index contributed by atoms with van der Waals surface area (Å²) in [6.07, 6.45) is 2.40. The predicted molar refractivity (Wildman–Crippen MR) is 87.2 cm³/mol. The maximum Gasteiger partial charge on any atom is 0.0474 e. The van der Waals surface area contributed by atoms with Crippen LogP contribution in [0.3, 0.4) is 0 Å². The fourth-order valence-corrected chi connectivity index (χ4v) is 3.25. The Bertz CT molecular complexity index is 633. The first-order chi connectivity index (χ1) is 9.69. The van der Waals surface area contributed by atoms with Crippen LogP contribution in [0.5, 0.6) is 0 Å². The average molecular weight is 286 g/mol. The van der Waals surface area contributed by atoms with Gasteiger partial charge in [-0.05, 0) is 55.5 Å². The zero-order valence-electron chi connectivity index (χ0n) is 12.1. The molecule has 1 heterocycles. The van der Waals surface area contributed by atoms with Crippen molar-refractivity contribution in [3.05, 3.63) is 58.7 Å². The molecule has 0 saturated heterocycles. The van der Waals surface area contributed by atoms with E-state index < -0.39 is 0 Å². The van der Waals surface area contributed by atoms with Gasteiger partial charge in [-0.1, -0.05) is 29.8 Å². The molecule has 0 N–H and O–H groups in total. The first kappa shape index (κ1) is 13.5. The highest BCUT2D eigenvalue weighted by molar-refractivity contribution is 6.17. The molecule has 2 aromatic carbocycles. The van der Waals surface area contributed by atoms with Crippen molar-refractivity contribution in [3.8, 4) is 0 Å². The molecule has 20 heavy (non-hydrogen) atoms. The van der Waals surface area contributed by atoms with Crippen LogP contribution in [0.4, 0.5) is 11.4 Å². The summed E-state index contributed by atoms with van der Waals surface area (Å²) in [6, 6.07) is 13.3. The molecule has 104 valence electrons. The molecule has 3 rings (SSSR count). The van der Waals surface area contributed by atoms with E-state index in [1.807, 2.05) is 0 Å². The first-order valence-electron chi connectivity index (χ1n) is 7.21. The van der Waals surface area contributed by atoms with Crippen molar-refractivity contribution in [2.45, 2.75) is 32.6 Å². The zero-order valence-corrected chi connectivity index (χ0v) is 12.9. The van der Waals surface area contributed by atoms with E-state index in [0.717, 1.165) is 6.54 Å². The van der Waals surface area contributed by atoms with E-state index in [1.54, 1.807) is 0 Å². The summed E-state index contributed by atoms with van der Waals surface area (Å²) in [7, 11) is 0. The van der Waals surface area contributed by atoms with Gasteiger partial charge in [-0.2, -0.15) is 0 Å². The Morgan fingerprint density at radius 3 is 2.60 bits per heavy atom. The highest BCUT2D eigenvalue weighted by atomic mass is 35.5. The summed E-state index contributed by atoms with van der Waals surface area (Å²) < 4.78 is 0. The fraction of sp³-hybridized carbons (Fsp3) is 0.333. The monoisotopic (exact) mass is 285 g/mol. The second-order valence-electron chi connectivity index (χ2n) is 5.64. The molecule has 0 aromatic heterocycles. The molecular weight excluding hydrogens is 266 g/mol. The second-order valence-corrected chi connectivity index (χ2v) is 5.91. The van der Waals surface area contributed by atoms with Crippen LogP contribution in [0.25, 0.3) is 0 Å². The molecule has 0 spiro atoms. The summed E-state index contributed by atoms with van der Waals surface area (Å²) in [6.45, 7) is 5.44. The van der Waals surface area contributed by atoms with Gasteiger partial charge < -0.3 is 4.90 Å². The van der Waals surface area contributed by atoms with Gasteiger partial charge in [0.05, 0.1) is 0 Å². The summed E-state index contributed by atoms with van der Waals surface area (Å²) in [5.41, 5.74) is 7.98. The average Bonchev–Trinajstić information content (AvgIpc) is 2.46. The van der Waals surface area contributed by atoms with Crippen LogP contribution < -0.4 is 4.90 Å². The quantitative estimate of drug-likeness (QED) is 0.692. The number of halogens is 1. The van der Waals surface area contributed by atoms with Gasteiger partial charge in [-0.3, -0.25) is 0 Å². The van der Waals surface area contributed by atoms with Gasteiger partial charge in [-0.15, -0.1) is 11.6 Å². The van der Waals surface area contributed by atoms with E-state index in [1.165, 1.54) is 46.5 Å². The smallest absolute Gasteiger partial charge is 0.0474 e. The third-order valence-electron chi connectivity index (χ3n) is 4.06. The Labute approximate surface area is 126 Å². The molecule has 1 aliphatic heterocycles. The summed E-state index contributed by atoms with van der Waals surface area (Å²) in [4.78, 5) is 2.45. The zero-order chi connectivity index (χ0) is 14.1. The largest absolute Gasteiger partial charge is 0.341 e. The van der Waals surface area contributed by atoms with Crippen LogP contribution in [-0.4, -0.2) is 6.54 Å². The number of rotatable bonds is 2. The Morgan fingerprint density at radius 1 is 1.05 bits per heavy atom. The van der Waals surface area contributed by atoms with Crippen LogP contribution >= 0.6 is 11.6 Å². The first-order valence-corrected chi connectivity index (χ1v) is 7.75. The van der Waals surface area contributed by atoms with Gasteiger partial charge in [0.25, 0.3) is 0 Å². The molecule has 0 bridgehead atoms. The van der Waals surface area contributed by atoms with Crippen molar-refractivity contribution in [2.75, 3.05) is 11.4 Å². The highest BCUT2D eigenvalue weighted by Crippen LogP contribution is 2.35. The van der Waals surface area contributed by atoms with Crippen molar-refractivity contribution < 1.29 is 0 Å². The molecule has 2 heteroatoms. The van der Waals surface area contributed by atoms with E-state index in [-0.39, 0.29) is 0 Å². The van der Waals surface area contributed by atoms with Crippen LogP contribution in [0, 0.1) is 13.8 Å². The molecular formula is C18H20ClN. The van der Waals surface area contributed by atoms with Crippen LogP contribution in [0.15, 0.2) is 36.4 Å². The number of anilines is 2. The SMILES string of the molecule is Cc1ccc2c(c1)CCCN2c1ccc(CCl)cc1C. The van der Waals surface area contributed by atoms with Crippen LogP contribution in [0.1, 0.15) is 28.7 Å². The van der Waals surface area contributed by atoms with Gasteiger partial charge in [-0.25, -0.2) is 0 Å². The summed E-state index contributed by atoms with van der Waals surface area (Å²) >= 11 is 5.92. The number of fused-ring (bicyclic) bond motifs is 1. The number of hydrogen-bond acceptors (Lipinski definition) is 1. The number of benzene rings is 2. The van der Waals surface area contributed by atoms with Crippen molar-refractivity contribution in [1.82, 2.24) is 0 Å². The molecule has 0 amide bonds. The van der Waals surface area contributed by atoms with Crippen LogP contribution in [0.2, 0.25) is 0 Å². The van der Waals surface area contributed by atoms with Gasteiger partial charge in [0.15, 0.2) is 0 Å². The number of alkyl halides is 1. The molecule has 1 nitrogen and oxygen atoms in total. The predicted octanol–water partition coefficient (Wildman–Crippen LogP) is 5.13. The maximum atomic E-state index is 5.92. The van der Waals surface area contributed by atoms with E-state index in [2.05, 4.69) is 55.1 Å². The Morgan fingerprint density at radius 2 is 1.85 bits per heavy atom. The minimum absolute atomic E-state index is 0.580. The molecule has 0 radical (unpaired) electrons. The van der Waals surface area contributed by atoms with Gasteiger partial charge >= 0.3 is 0 Å². The Kier molecular flexibility index (Phi) is 3.71. The van der Waals surface area contributed by atoms with E-state index in [4.69, 9.17) is 11.6 Å². The van der Waals surface area contributed by atoms with Crippen LogP contribution in [-0.2, 0) is 12.3 Å². The molecule has 2 aromatic rings. The van der Waals surface area contributed by atoms with Gasteiger partial charge in [0.1, 0.15) is 0 Å². The molecule has 0 atom stereocenters. The molecule has 0 unspecified atom stereocenters. The lowest BCUT2D eigenvalue weighted by atomic mass is 9.98. The van der Waals surface area contributed by atoms with Gasteiger partial charge in [0, 0.05) is 23.8 Å². The minimum Gasteiger partial charge on any atom is -0.341 e. The topological polar surface area (TPSA) is 3.24 Å². The molecule has 0 fully saturated rings. The lowest BCUT2D eigenvalue weighted by Gasteiger charge is -2.33. The van der Waals surface area contributed by atoms with E-state index in [0.29, 0.717) is 5.88 Å². The summed E-state index contributed by atoms with van der Waals surface area (Å²) in [5.74, 6) is 0.580. The Balaban J connectivity index is 2.04. The van der Waals surface area contributed by atoms with Crippen molar-refractivity contribution in [1.29, 1.82) is 0 Å². The van der Waals surface area contributed by atoms with Crippen molar-refractivity contribution >= 4 is 23.0 Å². The van der Waals surface area contributed by atoms with E-state index in [9.17, 15) is 0 Å². The fourth-order valence-electron chi connectivity index (χ4n) is 3.08. The molecule has 0 saturated carbocycles. The third kappa shape index (κ3) is 2.43. The highest BCUT2D eigenvalue weighted by Gasteiger charge is 2.19. The molecule has 0 aliphatic carbocycles. The maximum absolute atomic E-state index is 5.92. The number of aryl methyl sites for hydroxylation is 3. The van der Waals surface area contributed by atoms with Crippen molar-refractivity contribution in [3.63, 3.8) is 0 Å². The van der Waals surface area contributed by atoms with Gasteiger partial charge in [0.2, 0.25) is 0 Å². The van der Waals surface area contributed by atoms with Crippen molar-refractivity contribution in [2.24, 2.45) is 0 Å². The lowest BCUT2D eigenvalue weighted by Crippen LogP contribution is -2.25. The standard InChI is InChI=1S/C18H20ClN/c1-13-5-7-18-16(10-13)4-3-9-20(18)17-8-6-15(12-19)11-14(17)2/h5-8,10-11H,3-4,9,12H2,1-2H3. The summed E-state index contributed by atoms with van der Waals surface area (Å²) in [5, 5.41) is 0. The lowest BCUT2D eigenvalue weighted by molar-refractivity contribution is 0.764. The normalized spacial score (nSPS) is 14.2. The van der Waals surface area contributed by atoms with E-state index >= 15 is 0 Å². The third-order valence-corrected chi connectivity index (χ3v) is 4.37. The minimum atomic E-state index is 0.580. The molecule has 1 aliphatic rings.